The quantitative estimate of drug-likeness (QED) is 0.641. The first-order valence-electron chi connectivity index (χ1n) is 9.32. The lowest BCUT2D eigenvalue weighted by atomic mass is 10.1. The molecular formula is C21H22N4O2S. The summed E-state index contributed by atoms with van der Waals surface area (Å²) in [5.74, 6) is 1.59. The molecule has 0 aliphatic carbocycles. The Morgan fingerprint density at radius 1 is 1.11 bits per heavy atom. The van der Waals surface area contributed by atoms with Crippen LogP contribution in [0.3, 0.4) is 0 Å². The van der Waals surface area contributed by atoms with Crippen LogP contribution >= 0.6 is 11.8 Å². The summed E-state index contributed by atoms with van der Waals surface area (Å²) in [4.78, 5) is 19.7. The van der Waals surface area contributed by atoms with Crippen LogP contribution in [0.2, 0.25) is 0 Å². The zero-order valence-electron chi connectivity index (χ0n) is 15.7. The largest absolute Gasteiger partial charge is 0.497 e. The van der Waals surface area contributed by atoms with Gasteiger partial charge in [-0.05, 0) is 42.7 Å². The smallest absolute Gasteiger partial charge is 0.240 e. The molecule has 1 N–H and O–H groups in total. The number of rotatable bonds is 6. The molecule has 1 amide bonds. The van der Waals surface area contributed by atoms with E-state index in [1.807, 2.05) is 59.5 Å². The van der Waals surface area contributed by atoms with Gasteiger partial charge in [0, 0.05) is 18.7 Å². The van der Waals surface area contributed by atoms with E-state index in [1.54, 1.807) is 7.11 Å². The Kier molecular flexibility index (Phi) is 5.62. The zero-order chi connectivity index (χ0) is 19.3. The number of benzene rings is 2. The van der Waals surface area contributed by atoms with Crippen molar-refractivity contribution in [2.24, 2.45) is 0 Å². The van der Waals surface area contributed by atoms with Crippen molar-refractivity contribution in [3.05, 3.63) is 60.2 Å². The number of aromatic amines is 1. The van der Waals surface area contributed by atoms with Crippen LogP contribution < -0.4 is 4.74 Å². The lowest BCUT2D eigenvalue weighted by Crippen LogP contribution is -2.31. The van der Waals surface area contributed by atoms with Crippen LogP contribution in [0.1, 0.15) is 23.7 Å². The van der Waals surface area contributed by atoms with Crippen molar-refractivity contribution < 1.29 is 9.53 Å². The molecule has 1 aromatic heterocycles. The number of H-pyrrole nitrogens is 1. The van der Waals surface area contributed by atoms with Crippen molar-refractivity contribution in [1.29, 1.82) is 0 Å². The maximum atomic E-state index is 13.1. The summed E-state index contributed by atoms with van der Waals surface area (Å²) in [7, 11) is 1.64. The molecular weight excluding hydrogens is 372 g/mol. The van der Waals surface area contributed by atoms with Crippen LogP contribution in [0.25, 0.3) is 11.4 Å². The predicted molar refractivity (Wildman–Crippen MR) is 109 cm³/mol. The number of ether oxygens (including phenoxy) is 1. The topological polar surface area (TPSA) is 71.1 Å². The van der Waals surface area contributed by atoms with Crippen molar-refractivity contribution >= 4 is 17.7 Å². The molecule has 3 aromatic rings. The molecule has 1 fully saturated rings. The molecule has 4 rings (SSSR count). The van der Waals surface area contributed by atoms with Crippen LogP contribution in [-0.2, 0) is 4.79 Å². The van der Waals surface area contributed by atoms with Gasteiger partial charge in [-0.25, -0.2) is 4.98 Å². The van der Waals surface area contributed by atoms with Gasteiger partial charge in [-0.2, -0.15) is 0 Å². The monoisotopic (exact) mass is 394 g/mol. The van der Waals surface area contributed by atoms with Crippen molar-refractivity contribution in [2.45, 2.75) is 23.2 Å². The summed E-state index contributed by atoms with van der Waals surface area (Å²) in [5.41, 5.74) is 1.89. The Morgan fingerprint density at radius 2 is 1.82 bits per heavy atom. The second kappa shape index (κ2) is 8.48. The highest BCUT2D eigenvalue weighted by Crippen LogP contribution is 2.36. The Labute approximate surface area is 168 Å². The van der Waals surface area contributed by atoms with E-state index in [1.165, 1.54) is 11.8 Å². The van der Waals surface area contributed by atoms with Gasteiger partial charge < -0.3 is 9.64 Å². The molecule has 6 nitrogen and oxygen atoms in total. The average molecular weight is 395 g/mol. The van der Waals surface area contributed by atoms with Gasteiger partial charge in [-0.1, -0.05) is 42.1 Å². The first-order valence-corrected chi connectivity index (χ1v) is 10.2. The van der Waals surface area contributed by atoms with Crippen LogP contribution in [0, 0.1) is 0 Å². The van der Waals surface area contributed by atoms with E-state index in [0.29, 0.717) is 11.0 Å². The minimum atomic E-state index is -0.348. The first kappa shape index (κ1) is 18.6. The van der Waals surface area contributed by atoms with Crippen molar-refractivity contribution in [2.75, 3.05) is 20.2 Å². The molecule has 1 atom stereocenters. The average Bonchev–Trinajstić information content (AvgIpc) is 3.45. The van der Waals surface area contributed by atoms with Crippen molar-refractivity contribution in [3.63, 3.8) is 0 Å². The molecule has 144 valence electrons. The summed E-state index contributed by atoms with van der Waals surface area (Å²) >= 11 is 1.39. The highest BCUT2D eigenvalue weighted by molar-refractivity contribution is 8.00. The molecule has 1 unspecified atom stereocenters. The van der Waals surface area contributed by atoms with Gasteiger partial charge in [0.1, 0.15) is 11.0 Å². The highest BCUT2D eigenvalue weighted by atomic mass is 32.2. The first-order chi connectivity index (χ1) is 13.7. The van der Waals surface area contributed by atoms with Gasteiger partial charge in [0.2, 0.25) is 11.1 Å². The van der Waals surface area contributed by atoms with E-state index in [9.17, 15) is 4.79 Å². The summed E-state index contributed by atoms with van der Waals surface area (Å²) in [6, 6.07) is 17.5. The normalized spacial score (nSPS) is 14.8. The number of hydrogen-bond acceptors (Lipinski definition) is 5. The minimum Gasteiger partial charge on any atom is -0.497 e. The maximum absolute atomic E-state index is 13.1. The fourth-order valence-corrected chi connectivity index (χ4v) is 4.27. The van der Waals surface area contributed by atoms with Gasteiger partial charge in [0.15, 0.2) is 5.82 Å². The summed E-state index contributed by atoms with van der Waals surface area (Å²) in [6.07, 6.45) is 2.14. The standard InChI is InChI=1S/C21H22N4O2S/c1-27-17-11-9-16(10-12-17)19-22-21(24-23-19)28-18(15-7-3-2-4-8-15)20(26)25-13-5-6-14-25/h2-4,7-12,18H,5-6,13-14H2,1H3,(H,22,23,24). The Morgan fingerprint density at radius 3 is 2.50 bits per heavy atom. The number of carbonyl (C=O) groups is 1. The number of amides is 1. The van der Waals surface area contributed by atoms with Gasteiger partial charge in [-0.3, -0.25) is 9.89 Å². The van der Waals surface area contributed by atoms with Gasteiger partial charge in [0.05, 0.1) is 7.11 Å². The van der Waals surface area contributed by atoms with Crippen molar-refractivity contribution in [3.8, 4) is 17.1 Å². The lowest BCUT2D eigenvalue weighted by Gasteiger charge is -2.22. The molecule has 0 radical (unpaired) electrons. The molecule has 1 aliphatic rings. The van der Waals surface area contributed by atoms with Crippen molar-refractivity contribution in [1.82, 2.24) is 20.1 Å². The van der Waals surface area contributed by atoms with Crippen LogP contribution in [-0.4, -0.2) is 46.2 Å². The number of nitrogens with zero attached hydrogens (tertiary/aromatic N) is 3. The molecule has 2 heterocycles. The second-order valence-corrected chi connectivity index (χ2v) is 7.71. The zero-order valence-corrected chi connectivity index (χ0v) is 16.5. The highest BCUT2D eigenvalue weighted by Gasteiger charge is 2.29. The van der Waals surface area contributed by atoms with E-state index in [4.69, 9.17) is 4.74 Å². The number of carbonyl (C=O) groups excluding carboxylic acids is 1. The van der Waals surface area contributed by atoms with Gasteiger partial charge in [-0.15, -0.1) is 5.10 Å². The molecule has 0 saturated carbocycles. The molecule has 0 spiro atoms. The molecule has 1 saturated heterocycles. The molecule has 2 aromatic carbocycles. The van der Waals surface area contributed by atoms with Crippen LogP contribution in [0.15, 0.2) is 59.8 Å². The lowest BCUT2D eigenvalue weighted by molar-refractivity contribution is -0.129. The molecule has 0 bridgehead atoms. The number of likely N-dealkylation sites (tertiary alicyclic amines) is 1. The molecule has 7 heteroatoms. The fourth-order valence-electron chi connectivity index (χ4n) is 3.27. The Bertz CT molecular complexity index is 921. The minimum absolute atomic E-state index is 0.129. The van der Waals surface area contributed by atoms with Gasteiger partial charge >= 0.3 is 0 Å². The number of hydrogen-bond donors (Lipinski definition) is 1. The number of aromatic nitrogens is 3. The summed E-state index contributed by atoms with van der Waals surface area (Å²) < 4.78 is 5.19. The third kappa shape index (κ3) is 4.04. The van der Waals surface area contributed by atoms with Gasteiger partial charge in [0.25, 0.3) is 0 Å². The Hall–Kier alpha value is -2.80. The van der Waals surface area contributed by atoms with Crippen LogP contribution in [0.4, 0.5) is 0 Å². The molecule has 1 aliphatic heterocycles. The fraction of sp³-hybridized carbons (Fsp3) is 0.286. The number of thioether (sulfide) groups is 1. The van der Waals surface area contributed by atoms with E-state index < -0.39 is 0 Å². The van der Waals surface area contributed by atoms with E-state index >= 15 is 0 Å². The Balaban J connectivity index is 1.56. The molecule has 28 heavy (non-hydrogen) atoms. The number of nitrogens with one attached hydrogen (secondary N) is 1. The maximum Gasteiger partial charge on any atom is 0.240 e. The third-order valence-electron chi connectivity index (χ3n) is 4.80. The van der Waals surface area contributed by atoms with E-state index in [2.05, 4.69) is 15.2 Å². The second-order valence-electron chi connectivity index (χ2n) is 6.64. The summed E-state index contributed by atoms with van der Waals surface area (Å²) in [5, 5.41) is 7.53. The van der Waals surface area contributed by atoms with Crippen LogP contribution in [0.5, 0.6) is 5.75 Å². The summed E-state index contributed by atoms with van der Waals surface area (Å²) in [6.45, 7) is 1.65. The number of methoxy groups -OCH3 is 1. The van der Waals surface area contributed by atoms with E-state index in [-0.39, 0.29) is 11.2 Å². The third-order valence-corrected chi connectivity index (χ3v) is 5.90. The SMILES string of the molecule is COc1ccc(-c2nc(SC(C(=O)N3CCCC3)c3ccccc3)n[nH]2)cc1. The predicted octanol–water partition coefficient (Wildman–Crippen LogP) is 3.94. The van der Waals surface area contributed by atoms with E-state index in [0.717, 1.165) is 42.8 Å².